The minimum atomic E-state index is -0.527. The fraction of sp³-hybridized carbons (Fsp3) is 0.268. The van der Waals surface area contributed by atoms with E-state index < -0.39 is 23.9 Å². The monoisotopic (exact) mass is 694 g/mol. The molecule has 0 radical (unpaired) electrons. The van der Waals surface area contributed by atoms with Gasteiger partial charge in [-0.15, -0.1) is 0 Å². The molecule has 0 bridgehead atoms. The van der Waals surface area contributed by atoms with Crippen LogP contribution in [-0.4, -0.2) is 57.4 Å². The third-order valence-electron chi connectivity index (χ3n) is 7.77. The summed E-state index contributed by atoms with van der Waals surface area (Å²) in [4.78, 5) is 47.6. The highest BCUT2D eigenvalue weighted by atomic mass is 16.5. The molecule has 0 atom stereocenters. The summed E-state index contributed by atoms with van der Waals surface area (Å²) >= 11 is 0. The Morgan fingerprint density at radius 3 is 1.78 bits per heavy atom. The maximum Gasteiger partial charge on any atom is 0.343 e. The van der Waals surface area contributed by atoms with Gasteiger partial charge in [0.15, 0.2) is 11.5 Å². The number of ether oxygens (including phenoxy) is 6. The van der Waals surface area contributed by atoms with Crippen molar-refractivity contribution in [2.75, 3.05) is 33.5 Å². The molecule has 0 saturated carbocycles. The zero-order chi connectivity index (χ0) is 36.4. The summed E-state index contributed by atoms with van der Waals surface area (Å²) in [6.45, 7) is 8.04. The Balaban J connectivity index is 1.26. The third kappa shape index (κ3) is 11.9. The van der Waals surface area contributed by atoms with Crippen LogP contribution in [0.15, 0.2) is 104 Å². The van der Waals surface area contributed by atoms with Crippen LogP contribution in [0, 0.1) is 0 Å². The normalized spacial score (nSPS) is 10.5. The highest BCUT2D eigenvalue weighted by Crippen LogP contribution is 2.30. The van der Waals surface area contributed by atoms with Crippen molar-refractivity contribution in [1.29, 1.82) is 0 Å². The van der Waals surface area contributed by atoms with E-state index in [1.807, 2.05) is 36.4 Å². The Morgan fingerprint density at radius 1 is 0.549 bits per heavy atom. The van der Waals surface area contributed by atoms with Crippen molar-refractivity contribution in [3.8, 4) is 28.4 Å². The molecule has 0 fully saturated rings. The van der Waals surface area contributed by atoms with Gasteiger partial charge < -0.3 is 28.4 Å². The van der Waals surface area contributed by atoms with Gasteiger partial charge in [-0.3, -0.25) is 0 Å². The van der Waals surface area contributed by atoms with Crippen LogP contribution in [-0.2, 0) is 23.8 Å². The van der Waals surface area contributed by atoms with Crippen molar-refractivity contribution < 1.29 is 47.6 Å². The molecule has 0 aliphatic carbocycles. The molecule has 0 spiro atoms. The molecule has 0 saturated heterocycles. The van der Waals surface area contributed by atoms with E-state index in [0.717, 1.165) is 59.7 Å². The van der Waals surface area contributed by atoms with E-state index in [4.69, 9.17) is 28.4 Å². The molecular weight excluding hydrogens is 652 g/mol. The maximum atomic E-state index is 13.0. The standard InChI is InChI=1S/C41H42O10/c1-4-38(42)48-23-9-7-6-8-22-47-36-21-19-34(28-37(36)46-3)41(45)51-35-20-18-32-26-31(16-17-33(32)27-35)29-12-14-30(15-13-29)40(44)50-25-11-10-24-49-39(43)5-2/h4-5,12-21,26-28H,1-2,6-11,22-25H2,3H3. The van der Waals surface area contributed by atoms with E-state index in [0.29, 0.717) is 54.4 Å². The summed E-state index contributed by atoms with van der Waals surface area (Å²) in [5.74, 6) is -0.469. The van der Waals surface area contributed by atoms with Crippen LogP contribution in [0.4, 0.5) is 0 Å². The number of unbranched alkanes of at least 4 members (excludes halogenated alkanes) is 4. The van der Waals surface area contributed by atoms with Crippen LogP contribution in [0.5, 0.6) is 17.2 Å². The number of benzene rings is 4. The van der Waals surface area contributed by atoms with Crippen LogP contribution < -0.4 is 14.2 Å². The predicted octanol–water partition coefficient (Wildman–Crippen LogP) is 8.07. The van der Waals surface area contributed by atoms with E-state index >= 15 is 0 Å². The Hall–Kier alpha value is -5.90. The zero-order valence-corrected chi connectivity index (χ0v) is 28.7. The molecule has 4 aromatic rings. The lowest BCUT2D eigenvalue weighted by Crippen LogP contribution is -2.09. The Morgan fingerprint density at radius 2 is 1.12 bits per heavy atom. The quantitative estimate of drug-likeness (QED) is 0.0295. The van der Waals surface area contributed by atoms with E-state index in [1.165, 1.54) is 7.11 Å². The fourth-order valence-corrected chi connectivity index (χ4v) is 5.00. The van der Waals surface area contributed by atoms with Gasteiger partial charge in [0, 0.05) is 12.2 Å². The van der Waals surface area contributed by atoms with Gasteiger partial charge in [0.25, 0.3) is 0 Å². The Labute approximate surface area is 297 Å². The number of rotatable bonds is 20. The molecular formula is C41H42O10. The first-order valence-electron chi connectivity index (χ1n) is 16.7. The third-order valence-corrected chi connectivity index (χ3v) is 7.77. The smallest absolute Gasteiger partial charge is 0.343 e. The number of methoxy groups -OCH3 is 1. The molecule has 0 heterocycles. The van der Waals surface area contributed by atoms with Crippen molar-refractivity contribution in [2.45, 2.75) is 38.5 Å². The van der Waals surface area contributed by atoms with Gasteiger partial charge in [-0.05, 0) is 109 Å². The van der Waals surface area contributed by atoms with E-state index in [1.54, 1.807) is 42.5 Å². The second kappa shape index (κ2) is 19.9. The average molecular weight is 695 g/mol. The van der Waals surface area contributed by atoms with Gasteiger partial charge in [0.05, 0.1) is 44.7 Å². The molecule has 0 aliphatic heterocycles. The summed E-state index contributed by atoms with van der Waals surface area (Å²) in [6, 6.07) is 23.5. The first-order chi connectivity index (χ1) is 24.8. The molecule has 0 unspecified atom stereocenters. The molecule has 4 aromatic carbocycles. The Kier molecular flexibility index (Phi) is 14.8. The number of esters is 4. The molecule has 0 aromatic heterocycles. The number of hydrogen-bond acceptors (Lipinski definition) is 10. The second-order valence-corrected chi connectivity index (χ2v) is 11.4. The summed E-state index contributed by atoms with van der Waals surface area (Å²) in [5.41, 5.74) is 2.65. The van der Waals surface area contributed by atoms with Crippen LogP contribution >= 0.6 is 0 Å². The predicted molar refractivity (Wildman–Crippen MR) is 193 cm³/mol. The van der Waals surface area contributed by atoms with Gasteiger partial charge in [-0.25, -0.2) is 19.2 Å². The lowest BCUT2D eigenvalue weighted by Gasteiger charge is -2.12. The summed E-state index contributed by atoms with van der Waals surface area (Å²) in [5, 5.41) is 1.84. The maximum absolute atomic E-state index is 13.0. The van der Waals surface area contributed by atoms with E-state index in [9.17, 15) is 19.2 Å². The number of carbonyl (C=O) groups excluding carboxylic acids is 4. The summed E-state index contributed by atoms with van der Waals surface area (Å²) < 4.78 is 32.2. The largest absolute Gasteiger partial charge is 0.493 e. The molecule has 4 rings (SSSR count). The van der Waals surface area contributed by atoms with Crippen molar-refractivity contribution in [2.24, 2.45) is 0 Å². The first-order valence-corrected chi connectivity index (χ1v) is 16.7. The van der Waals surface area contributed by atoms with Crippen LogP contribution in [0.25, 0.3) is 21.9 Å². The molecule has 10 nitrogen and oxygen atoms in total. The van der Waals surface area contributed by atoms with E-state index in [2.05, 4.69) is 13.2 Å². The number of hydrogen-bond donors (Lipinski definition) is 0. The van der Waals surface area contributed by atoms with Gasteiger partial charge in [0.2, 0.25) is 0 Å². The van der Waals surface area contributed by atoms with Gasteiger partial charge in [0.1, 0.15) is 5.75 Å². The molecule has 0 amide bonds. The molecule has 51 heavy (non-hydrogen) atoms. The fourth-order valence-electron chi connectivity index (χ4n) is 5.00. The van der Waals surface area contributed by atoms with Crippen LogP contribution in [0.3, 0.4) is 0 Å². The van der Waals surface area contributed by atoms with Crippen LogP contribution in [0.1, 0.15) is 59.2 Å². The highest BCUT2D eigenvalue weighted by Gasteiger charge is 2.14. The zero-order valence-electron chi connectivity index (χ0n) is 28.7. The molecule has 0 N–H and O–H groups in total. The highest BCUT2D eigenvalue weighted by molar-refractivity contribution is 5.94. The topological polar surface area (TPSA) is 124 Å². The average Bonchev–Trinajstić information content (AvgIpc) is 3.16. The molecule has 0 aliphatic rings. The van der Waals surface area contributed by atoms with Crippen molar-refractivity contribution in [1.82, 2.24) is 0 Å². The first kappa shape index (κ1) is 37.9. The van der Waals surface area contributed by atoms with E-state index in [-0.39, 0.29) is 13.2 Å². The minimum absolute atomic E-state index is 0.228. The van der Waals surface area contributed by atoms with Crippen molar-refractivity contribution >= 4 is 34.6 Å². The van der Waals surface area contributed by atoms with Crippen LogP contribution in [0.2, 0.25) is 0 Å². The van der Waals surface area contributed by atoms with Crippen molar-refractivity contribution in [3.63, 3.8) is 0 Å². The lowest BCUT2D eigenvalue weighted by atomic mass is 10.00. The van der Waals surface area contributed by atoms with Gasteiger partial charge in [-0.1, -0.05) is 43.5 Å². The molecule has 10 heteroatoms. The lowest BCUT2D eigenvalue weighted by molar-refractivity contribution is -0.138. The Bertz CT molecular complexity index is 1830. The molecule has 266 valence electrons. The van der Waals surface area contributed by atoms with Crippen molar-refractivity contribution in [3.05, 3.63) is 115 Å². The van der Waals surface area contributed by atoms with Gasteiger partial charge >= 0.3 is 23.9 Å². The number of carbonyl (C=O) groups is 4. The number of fused-ring (bicyclic) bond motifs is 1. The SMILES string of the molecule is C=CC(=O)OCCCCCCOc1ccc(C(=O)Oc2ccc3cc(-c4ccc(C(=O)OCCCCOC(=O)C=C)cc4)ccc3c2)cc1OC. The summed E-state index contributed by atoms with van der Waals surface area (Å²) in [6.07, 6.45) is 6.83. The summed E-state index contributed by atoms with van der Waals surface area (Å²) in [7, 11) is 1.51. The second-order valence-electron chi connectivity index (χ2n) is 11.4. The minimum Gasteiger partial charge on any atom is -0.493 e. The van der Waals surface area contributed by atoms with Gasteiger partial charge in [-0.2, -0.15) is 0 Å².